The van der Waals surface area contributed by atoms with E-state index in [9.17, 15) is 24.6 Å². The summed E-state index contributed by atoms with van der Waals surface area (Å²) in [5.41, 5.74) is -1.10. The van der Waals surface area contributed by atoms with Crippen molar-refractivity contribution in [2.24, 2.45) is 0 Å². The van der Waals surface area contributed by atoms with Crippen LogP contribution in [0.3, 0.4) is 0 Å². The van der Waals surface area contributed by atoms with Gasteiger partial charge in [-0.05, 0) is 35.4 Å². The minimum Gasteiger partial charge on any atom is -0.481 e. The molecule has 2 unspecified atom stereocenters. The molecule has 0 radical (unpaired) electrons. The number of amides is 1. The van der Waals surface area contributed by atoms with Gasteiger partial charge in [0.05, 0.1) is 6.42 Å². The lowest BCUT2D eigenvalue weighted by Crippen LogP contribution is -2.56. The molecular formula is C24H20ClNO5. The van der Waals surface area contributed by atoms with Crippen molar-refractivity contribution < 1.29 is 24.6 Å². The summed E-state index contributed by atoms with van der Waals surface area (Å²) in [6.07, 6.45) is -0.530. The summed E-state index contributed by atoms with van der Waals surface area (Å²) in [5.74, 6) is -4.31. The summed E-state index contributed by atoms with van der Waals surface area (Å²) in [6.45, 7) is 0. The van der Waals surface area contributed by atoms with E-state index in [4.69, 9.17) is 11.6 Å². The van der Waals surface area contributed by atoms with Crippen LogP contribution in [0, 0.1) is 0 Å². The second-order valence-corrected chi connectivity index (χ2v) is 7.44. The Hall–Kier alpha value is -3.64. The third kappa shape index (κ3) is 4.75. The van der Waals surface area contributed by atoms with E-state index in [0.29, 0.717) is 10.6 Å². The van der Waals surface area contributed by atoms with Gasteiger partial charge in [0.15, 0.2) is 5.54 Å². The normalized spacial score (nSPS) is 13.6. The Morgan fingerprint density at radius 3 is 1.90 bits per heavy atom. The lowest BCUT2D eigenvalue weighted by atomic mass is 9.72. The number of carbonyl (C=O) groups is 3. The Balaban J connectivity index is 2.23. The van der Waals surface area contributed by atoms with Crippen molar-refractivity contribution in [1.82, 2.24) is 5.32 Å². The van der Waals surface area contributed by atoms with Crippen molar-refractivity contribution in [3.05, 3.63) is 107 Å². The predicted molar refractivity (Wildman–Crippen MR) is 116 cm³/mol. The van der Waals surface area contributed by atoms with E-state index in [0.717, 1.165) is 0 Å². The van der Waals surface area contributed by atoms with Gasteiger partial charge >= 0.3 is 11.9 Å². The molecule has 0 aromatic heterocycles. The van der Waals surface area contributed by atoms with Gasteiger partial charge in [-0.25, -0.2) is 4.79 Å². The van der Waals surface area contributed by atoms with E-state index in [1.165, 1.54) is 0 Å². The van der Waals surface area contributed by atoms with Crippen LogP contribution in [-0.4, -0.2) is 28.1 Å². The lowest BCUT2D eigenvalue weighted by Gasteiger charge is -2.38. The summed E-state index contributed by atoms with van der Waals surface area (Å²) in [7, 11) is 0. The van der Waals surface area contributed by atoms with Crippen LogP contribution in [0.4, 0.5) is 0 Å². The minimum absolute atomic E-state index is 0.257. The maximum atomic E-state index is 13.1. The molecule has 7 heteroatoms. The average Bonchev–Trinajstić information content (AvgIpc) is 2.77. The van der Waals surface area contributed by atoms with Crippen molar-refractivity contribution in [3.8, 4) is 0 Å². The highest BCUT2D eigenvalue weighted by Crippen LogP contribution is 2.40. The highest BCUT2D eigenvalue weighted by molar-refractivity contribution is 6.30. The van der Waals surface area contributed by atoms with Crippen LogP contribution in [-0.2, 0) is 15.1 Å². The number of rotatable bonds is 8. The number of halogens is 1. The first-order chi connectivity index (χ1) is 14.8. The Morgan fingerprint density at radius 2 is 1.39 bits per heavy atom. The molecule has 6 nitrogen and oxygen atoms in total. The second-order valence-electron chi connectivity index (χ2n) is 7.00. The van der Waals surface area contributed by atoms with Gasteiger partial charge in [0, 0.05) is 16.5 Å². The first kappa shape index (κ1) is 22.1. The molecule has 0 heterocycles. The summed E-state index contributed by atoms with van der Waals surface area (Å²) >= 11 is 5.98. The van der Waals surface area contributed by atoms with Gasteiger partial charge in [-0.15, -0.1) is 0 Å². The van der Waals surface area contributed by atoms with Crippen molar-refractivity contribution in [3.63, 3.8) is 0 Å². The number of hydrogen-bond acceptors (Lipinski definition) is 3. The molecule has 0 bridgehead atoms. The minimum atomic E-state index is -2.04. The zero-order valence-electron chi connectivity index (χ0n) is 16.4. The molecule has 0 aliphatic heterocycles. The molecule has 0 aliphatic rings. The fraction of sp³-hybridized carbons (Fsp3) is 0.125. The summed E-state index contributed by atoms with van der Waals surface area (Å²) in [5, 5.41) is 23.1. The summed E-state index contributed by atoms with van der Waals surface area (Å²) in [4.78, 5) is 37.7. The van der Waals surface area contributed by atoms with Gasteiger partial charge in [-0.2, -0.15) is 0 Å². The molecule has 0 fully saturated rings. The van der Waals surface area contributed by atoms with Crippen molar-refractivity contribution in [2.75, 3.05) is 0 Å². The highest BCUT2D eigenvalue weighted by Gasteiger charge is 2.50. The van der Waals surface area contributed by atoms with E-state index in [2.05, 4.69) is 5.32 Å². The first-order valence-electron chi connectivity index (χ1n) is 9.48. The Morgan fingerprint density at radius 1 is 0.839 bits per heavy atom. The van der Waals surface area contributed by atoms with Crippen molar-refractivity contribution in [1.29, 1.82) is 0 Å². The van der Waals surface area contributed by atoms with Crippen LogP contribution in [0.5, 0.6) is 0 Å². The number of carbonyl (C=O) groups excluding carboxylic acids is 1. The van der Waals surface area contributed by atoms with Crippen LogP contribution in [0.1, 0.15) is 33.8 Å². The smallest absolute Gasteiger partial charge is 0.334 e. The van der Waals surface area contributed by atoms with Crippen LogP contribution < -0.4 is 5.32 Å². The van der Waals surface area contributed by atoms with Crippen LogP contribution in [0.2, 0.25) is 5.02 Å². The second kappa shape index (κ2) is 9.45. The SMILES string of the molecule is O=C(O)CC(c1ccc(Cl)cc1)C(NC(=O)c1ccccc1)(C(=O)O)c1ccccc1. The third-order valence-electron chi connectivity index (χ3n) is 5.09. The molecule has 3 aromatic carbocycles. The average molecular weight is 438 g/mol. The fourth-order valence-corrected chi connectivity index (χ4v) is 3.74. The van der Waals surface area contributed by atoms with Gasteiger partial charge in [-0.3, -0.25) is 9.59 Å². The molecular weight excluding hydrogens is 418 g/mol. The largest absolute Gasteiger partial charge is 0.481 e. The topological polar surface area (TPSA) is 104 Å². The van der Waals surface area contributed by atoms with Gasteiger partial charge in [0.2, 0.25) is 0 Å². The van der Waals surface area contributed by atoms with Crippen molar-refractivity contribution in [2.45, 2.75) is 17.9 Å². The van der Waals surface area contributed by atoms with E-state index >= 15 is 0 Å². The fourth-order valence-electron chi connectivity index (χ4n) is 3.62. The zero-order valence-corrected chi connectivity index (χ0v) is 17.1. The number of nitrogens with one attached hydrogen (secondary N) is 1. The van der Waals surface area contributed by atoms with Gasteiger partial charge in [-0.1, -0.05) is 72.3 Å². The molecule has 3 aromatic rings. The van der Waals surface area contributed by atoms with Crippen LogP contribution in [0.25, 0.3) is 0 Å². The van der Waals surface area contributed by atoms with Gasteiger partial charge in [0.1, 0.15) is 0 Å². The number of hydrogen-bond donors (Lipinski definition) is 3. The summed E-state index contributed by atoms with van der Waals surface area (Å²) in [6, 6.07) is 22.5. The zero-order chi connectivity index (χ0) is 22.4. The Labute approximate surface area is 184 Å². The third-order valence-corrected chi connectivity index (χ3v) is 5.34. The molecule has 1 amide bonds. The van der Waals surface area contributed by atoms with Gasteiger partial charge < -0.3 is 15.5 Å². The van der Waals surface area contributed by atoms with E-state index < -0.39 is 35.7 Å². The Kier molecular flexibility index (Phi) is 6.72. The highest BCUT2D eigenvalue weighted by atomic mass is 35.5. The monoisotopic (exact) mass is 437 g/mol. The number of aliphatic carboxylic acids is 2. The van der Waals surface area contributed by atoms with E-state index in [1.807, 2.05) is 0 Å². The maximum Gasteiger partial charge on any atom is 0.334 e. The molecule has 0 saturated heterocycles. The molecule has 158 valence electrons. The summed E-state index contributed by atoms with van der Waals surface area (Å²) < 4.78 is 0. The molecule has 2 atom stereocenters. The maximum absolute atomic E-state index is 13.1. The van der Waals surface area contributed by atoms with E-state index in [-0.39, 0.29) is 11.1 Å². The molecule has 0 spiro atoms. The number of carboxylic acid groups (broad SMARTS) is 2. The molecule has 3 N–H and O–H groups in total. The van der Waals surface area contributed by atoms with Gasteiger partial charge in [0.25, 0.3) is 5.91 Å². The number of carboxylic acids is 2. The van der Waals surface area contributed by atoms with Crippen LogP contribution >= 0.6 is 11.6 Å². The standard InChI is InChI=1S/C24H20ClNO5/c25-19-13-11-16(12-14-19)20(15-21(27)28)24(23(30)31,18-9-5-2-6-10-18)26-22(29)17-7-3-1-4-8-17/h1-14,20H,15H2,(H,26,29)(H,27,28)(H,30,31). The predicted octanol–water partition coefficient (Wildman–Crippen LogP) is 4.31. The molecule has 0 saturated carbocycles. The quantitative estimate of drug-likeness (QED) is 0.487. The first-order valence-corrected chi connectivity index (χ1v) is 9.86. The molecule has 3 rings (SSSR count). The Bertz CT molecular complexity index is 1070. The molecule has 31 heavy (non-hydrogen) atoms. The number of benzene rings is 3. The molecule has 0 aliphatic carbocycles. The van der Waals surface area contributed by atoms with E-state index in [1.54, 1.807) is 84.9 Å². The van der Waals surface area contributed by atoms with Crippen molar-refractivity contribution >= 4 is 29.4 Å². The lowest BCUT2D eigenvalue weighted by molar-refractivity contribution is -0.147. The van der Waals surface area contributed by atoms with Crippen LogP contribution in [0.15, 0.2) is 84.9 Å².